The van der Waals surface area contributed by atoms with Crippen LogP contribution in [-0.2, 0) is 4.79 Å². The molecular weight excluding hydrogens is 282 g/mol. The molecule has 0 atom stereocenters. The number of aromatic nitrogens is 2. The highest BCUT2D eigenvalue weighted by atomic mass is 16.2. The lowest BCUT2D eigenvalue weighted by molar-refractivity contribution is -0.134. The SMILES string of the molecule is CNC(=O)c1ccc(N2CCCN(C(=O)C(C)C)CC2)nn1. The Kier molecular flexibility index (Phi) is 5.30. The summed E-state index contributed by atoms with van der Waals surface area (Å²) >= 11 is 0. The first-order valence-electron chi connectivity index (χ1n) is 7.62. The van der Waals surface area contributed by atoms with Crippen molar-refractivity contribution in [3.8, 4) is 0 Å². The van der Waals surface area contributed by atoms with Gasteiger partial charge in [0, 0.05) is 39.1 Å². The van der Waals surface area contributed by atoms with E-state index in [1.54, 1.807) is 19.2 Å². The summed E-state index contributed by atoms with van der Waals surface area (Å²) in [7, 11) is 1.56. The lowest BCUT2D eigenvalue weighted by Gasteiger charge is -2.23. The largest absolute Gasteiger partial charge is 0.354 e. The van der Waals surface area contributed by atoms with Gasteiger partial charge in [-0.05, 0) is 18.6 Å². The van der Waals surface area contributed by atoms with E-state index in [-0.39, 0.29) is 17.7 Å². The molecule has 1 saturated heterocycles. The van der Waals surface area contributed by atoms with E-state index in [0.29, 0.717) is 12.2 Å². The highest BCUT2D eigenvalue weighted by Crippen LogP contribution is 2.14. The molecule has 0 saturated carbocycles. The van der Waals surface area contributed by atoms with Crippen LogP contribution < -0.4 is 10.2 Å². The Balaban J connectivity index is 2.02. The van der Waals surface area contributed by atoms with Crippen LogP contribution in [-0.4, -0.2) is 60.1 Å². The van der Waals surface area contributed by atoms with Gasteiger partial charge in [0.1, 0.15) is 0 Å². The summed E-state index contributed by atoms with van der Waals surface area (Å²) < 4.78 is 0. The molecule has 1 N–H and O–H groups in total. The van der Waals surface area contributed by atoms with Crippen LogP contribution >= 0.6 is 0 Å². The number of carbonyl (C=O) groups excluding carboxylic acids is 2. The summed E-state index contributed by atoms with van der Waals surface area (Å²) in [4.78, 5) is 27.6. The fourth-order valence-electron chi connectivity index (χ4n) is 2.48. The summed E-state index contributed by atoms with van der Waals surface area (Å²) in [6.45, 7) is 6.87. The average Bonchev–Trinajstić information content (AvgIpc) is 2.79. The molecule has 1 aromatic heterocycles. The summed E-state index contributed by atoms with van der Waals surface area (Å²) in [5.74, 6) is 0.719. The molecule has 1 aliphatic rings. The average molecular weight is 305 g/mol. The Morgan fingerprint density at radius 1 is 1.14 bits per heavy atom. The zero-order valence-electron chi connectivity index (χ0n) is 13.4. The molecule has 1 aliphatic heterocycles. The van der Waals surface area contributed by atoms with Crippen molar-refractivity contribution in [3.63, 3.8) is 0 Å². The summed E-state index contributed by atoms with van der Waals surface area (Å²) in [5, 5.41) is 10.6. The monoisotopic (exact) mass is 305 g/mol. The number of hydrogen-bond acceptors (Lipinski definition) is 5. The molecule has 120 valence electrons. The van der Waals surface area contributed by atoms with Crippen molar-refractivity contribution in [2.24, 2.45) is 5.92 Å². The summed E-state index contributed by atoms with van der Waals surface area (Å²) in [6, 6.07) is 3.47. The molecule has 2 amide bonds. The van der Waals surface area contributed by atoms with Crippen molar-refractivity contribution in [1.82, 2.24) is 20.4 Å². The lowest BCUT2D eigenvalue weighted by atomic mass is 10.2. The third kappa shape index (κ3) is 3.72. The van der Waals surface area contributed by atoms with Gasteiger partial charge in [-0.15, -0.1) is 10.2 Å². The molecule has 0 aromatic carbocycles. The van der Waals surface area contributed by atoms with Crippen LogP contribution in [0.4, 0.5) is 5.82 Å². The van der Waals surface area contributed by atoms with Gasteiger partial charge < -0.3 is 15.1 Å². The number of nitrogens with zero attached hydrogens (tertiary/aromatic N) is 4. The minimum Gasteiger partial charge on any atom is -0.354 e. The van der Waals surface area contributed by atoms with E-state index < -0.39 is 0 Å². The van der Waals surface area contributed by atoms with Crippen LogP contribution in [0.1, 0.15) is 30.8 Å². The van der Waals surface area contributed by atoms with E-state index in [4.69, 9.17) is 0 Å². The lowest BCUT2D eigenvalue weighted by Crippen LogP contribution is -2.37. The maximum atomic E-state index is 12.1. The molecule has 1 fully saturated rings. The Morgan fingerprint density at radius 3 is 2.50 bits per heavy atom. The fourth-order valence-corrected chi connectivity index (χ4v) is 2.48. The molecule has 22 heavy (non-hydrogen) atoms. The van der Waals surface area contributed by atoms with Gasteiger partial charge in [-0.3, -0.25) is 9.59 Å². The number of hydrogen-bond donors (Lipinski definition) is 1. The van der Waals surface area contributed by atoms with Crippen molar-refractivity contribution >= 4 is 17.6 Å². The Bertz CT molecular complexity index is 529. The van der Waals surface area contributed by atoms with Gasteiger partial charge in [-0.25, -0.2) is 0 Å². The van der Waals surface area contributed by atoms with Gasteiger partial charge in [0.2, 0.25) is 5.91 Å². The van der Waals surface area contributed by atoms with Crippen LogP contribution in [0, 0.1) is 5.92 Å². The molecule has 1 aromatic rings. The Morgan fingerprint density at radius 2 is 1.91 bits per heavy atom. The third-order valence-corrected chi connectivity index (χ3v) is 3.74. The van der Waals surface area contributed by atoms with Crippen molar-refractivity contribution in [1.29, 1.82) is 0 Å². The highest BCUT2D eigenvalue weighted by molar-refractivity contribution is 5.91. The predicted molar refractivity (Wildman–Crippen MR) is 83.7 cm³/mol. The zero-order valence-corrected chi connectivity index (χ0v) is 13.4. The van der Waals surface area contributed by atoms with E-state index in [1.165, 1.54) is 0 Å². The molecule has 7 nitrogen and oxygen atoms in total. The van der Waals surface area contributed by atoms with E-state index in [0.717, 1.165) is 31.9 Å². The smallest absolute Gasteiger partial charge is 0.271 e. The van der Waals surface area contributed by atoms with Crippen LogP contribution in [0.3, 0.4) is 0 Å². The standard InChI is InChI=1S/C15H23N5O2/c1-11(2)15(22)20-8-4-7-19(9-10-20)13-6-5-12(17-18-13)14(21)16-3/h5-6,11H,4,7-10H2,1-3H3,(H,16,21). The molecule has 0 unspecified atom stereocenters. The second kappa shape index (κ2) is 7.20. The normalized spacial score (nSPS) is 15.6. The maximum absolute atomic E-state index is 12.1. The number of rotatable bonds is 3. The van der Waals surface area contributed by atoms with Gasteiger partial charge in [-0.2, -0.15) is 0 Å². The Hall–Kier alpha value is -2.18. The van der Waals surface area contributed by atoms with Crippen LogP contribution in [0.15, 0.2) is 12.1 Å². The second-order valence-electron chi connectivity index (χ2n) is 5.68. The molecule has 7 heteroatoms. The van der Waals surface area contributed by atoms with Crippen LogP contribution in [0.5, 0.6) is 0 Å². The number of anilines is 1. The maximum Gasteiger partial charge on any atom is 0.271 e. The minimum absolute atomic E-state index is 0.0261. The minimum atomic E-state index is -0.247. The number of amides is 2. The van der Waals surface area contributed by atoms with E-state index in [9.17, 15) is 9.59 Å². The van der Waals surface area contributed by atoms with Crippen molar-refractivity contribution in [3.05, 3.63) is 17.8 Å². The van der Waals surface area contributed by atoms with Gasteiger partial charge in [0.05, 0.1) is 0 Å². The first-order valence-corrected chi connectivity index (χ1v) is 7.62. The molecular formula is C15H23N5O2. The molecule has 0 radical (unpaired) electrons. The first kappa shape index (κ1) is 16.2. The van der Waals surface area contributed by atoms with Crippen molar-refractivity contribution in [2.75, 3.05) is 38.1 Å². The summed E-state index contributed by atoms with van der Waals surface area (Å²) in [6.07, 6.45) is 0.900. The number of carbonyl (C=O) groups is 2. The molecule has 0 bridgehead atoms. The summed E-state index contributed by atoms with van der Waals surface area (Å²) in [5.41, 5.74) is 0.303. The topological polar surface area (TPSA) is 78.4 Å². The van der Waals surface area contributed by atoms with Crippen LogP contribution in [0.2, 0.25) is 0 Å². The van der Waals surface area contributed by atoms with Gasteiger partial charge >= 0.3 is 0 Å². The van der Waals surface area contributed by atoms with Crippen molar-refractivity contribution < 1.29 is 9.59 Å². The molecule has 2 rings (SSSR count). The molecule has 0 aliphatic carbocycles. The Labute approximate surface area is 130 Å². The molecule has 2 heterocycles. The number of nitrogens with one attached hydrogen (secondary N) is 1. The zero-order chi connectivity index (χ0) is 16.1. The van der Waals surface area contributed by atoms with E-state index in [2.05, 4.69) is 20.4 Å². The fraction of sp³-hybridized carbons (Fsp3) is 0.600. The molecule has 0 spiro atoms. The first-order chi connectivity index (χ1) is 10.5. The second-order valence-corrected chi connectivity index (χ2v) is 5.68. The van der Waals surface area contributed by atoms with E-state index >= 15 is 0 Å². The van der Waals surface area contributed by atoms with Gasteiger partial charge in [0.15, 0.2) is 11.5 Å². The van der Waals surface area contributed by atoms with Gasteiger partial charge in [0.25, 0.3) is 5.91 Å². The quantitative estimate of drug-likeness (QED) is 0.881. The van der Waals surface area contributed by atoms with Crippen molar-refractivity contribution in [2.45, 2.75) is 20.3 Å². The van der Waals surface area contributed by atoms with Gasteiger partial charge in [-0.1, -0.05) is 13.8 Å². The predicted octanol–water partition coefficient (Wildman–Crippen LogP) is 0.531. The third-order valence-electron chi connectivity index (χ3n) is 3.74. The van der Waals surface area contributed by atoms with E-state index in [1.807, 2.05) is 18.7 Å². The van der Waals surface area contributed by atoms with Crippen LogP contribution in [0.25, 0.3) is 0 Å². The highest BCUT2D eigenvalue weighted by Gasteiger charge is 2.21.